The van der Waals surface area contributed by atoms with Crippen molar-refractivity contribution in [2.75, 3.05) is 0 Å². The van der Waals surface area contributed by atoms with Crippen LogP contribution in [0.4, 0.5) is 0 Å². The molecule has 2 N–H and O–H groups in total. The minimum Gasteiger partial charge on any atom is -0.481 e. The molecule has 0 aliphatic heterocycles. The van der Waals surface area contributed by atoms with E-state index < -0.39 is 11.9 Å². The molecule has 5 nitrogen and oxygen atoms in total. The summed E-state index contributed by atoms with van der Waals surface area (Å²) in [6.07, 6.45) is 0. The summed E-state index contributed by atoms with van der Waals surface area (Å²) in [5.41, 5.74) is 0.611. The summed E-state index contributed by atoms with van der Waals surface area (Å²) in [5, 5.41) is 14.6. The van der Waals surface area contributed by atoms with Crippen LogP contribution in [-0.4, -0.2) is 21.3 Å². The maximum absolute atomic E-state index is 10.9. The predicted octanol–water partition coefficient (Wildman–Crippen LogP) is 0.266. The van der Waals surface area contributed by atoms with E-state index in [1.807, 2.05) is 0 Å². The number of rotatable bonds is 2. The van der Waals surface area contributed by atoms with Crippen molar-refractivity contribution in [1.82, 2.24) is 10.2 Å². The SMILES string of the molecule is Cc1n[nH]c(=O)cc1C(C)C(=O)O. The van der Waals surface area contributed by atoms with Crippen molar-refractivity contribution in [2.24, 2.45) is 0 Å². The molecule has 1 aromatic rings. The molecule has 0 fully saturated rings. The zero-order chi connectivity index (χ0) is 10.0. The lowest BCUT2D eigenvalue weighted by Gasteiger charge is -2.07. The molecular weight excluding hydrogens is 172 g/mol. The fourth-order valence-corrected chi connectivity index (χ4v) is 1.05. The van der Waals surface area contributed by atoms with E-state index >= 15 is 0 Å². The number of H-pyrrole nitrogens is 1. The van der Waals surface area contributed by atoms with Gasteiger partial charge in [-0.05, 0) is 19.4 Å². The summed E-state index contributed by atoms with van der Waals surface area (Å²) in [4.78, 5) is 21.5. The highest BCUT2D eigenvalue weighted by molar-refractivity contribution is 5.75. The molecule has 0 aromatic carbocycles. The predicted molar refractivity (Wildman–Crippen MR) is 45.6 cm³/mol. The van der Waals surface area contributed by atoms with Gasteiger partial charge >= 0.3 is 5.97 Å². The van der Waals surface area contributed by atoms with E-state index in [4.69, 9.17) is 5.11 Å². The van der Waals surface area contributed by atoms with Gasteiger partial charge in [0.2, 0.25) is 0 Å². The Labute approximate surface area is 74.4 Å². The molecule has 0 saturated heterocycles. The summed E-state index contributed by atoms with van der Waals surface area (Å²) in [5.74, 6) is -1.66. The molecule has 1 rings (SSSR count). The first-order valence-electron chi connectivity index (χ1n) is 3.81. The standard InChI is InChI=1S/C8H10N2O3/c1-4(8(12)13)6-3-7(11)10-9-5(6)2/h3-4H,1-2H3,(H,10,11)(H,12,13). The molecule has 5 heteroatoms. The molecule has 0 saturated carbocycles. The molecule has 0 amide bonds. The molecular formula is C8H10N2O3. The number of hydrogen-bond donors (Lipinski definition) is 2. The average Bonchev–Trinajstić information content (AvgIpc) is 2.08. The zero-order valence-electron chi connectivity index (χ0n) is 7.37. The third kappa shape index (κ3) is 1.93. The molecule has 0 spiro atoms. The Bertz CT molecular complexity index is 383. The van der Waals surface area contributed by atoms with E-state index in [0.29, 0.717) is 11.3 Å². The van der Waals surface area contributed by atoms with Crippen LogP contribution < -0.4 is 5.56 Å². The molecule has 0 aliphatic carbocycles. The Morgan fingerprint density at radius 2 is 2.31 bits per heavy atom. The number of aryl methyl sites for hydroxylation is 1. The average molecular weight is 182 g/mol. The summed E-state index contributed by atoms with van der Waals surface area (Å²) >= 11 is 0. The maximum atomic E-state index is 10.9. The number of aromatic amines is 1. The van der Waals surface area contributed by atoms with Crippen molar-refractivity contribution in [3.8, 4) is 0 Å². The third-order valence-corrected chi connectivity index (χ3v) is 1.88. The first-order chi connectivity index (χ1) is 6.02. The lowest BCUT2D eigenvalue weighted by molar-refractivity contribution is -0.138. The van der Waals surface area contributed by atoms with Gasteiger partial charge in [-0.2, -0.15) is 5.10 Å². The second-order valence-electron chi connectivity index (χ2n) is 2.83. The Balaban J connectivity index is 3.20. The van der Waals surface area contributed by atoms with Gasteiger partial charge in [0.15, 0.2) is 0 Å². The molecule has 1 aromatic heterocycles. The van der Waals surface area contributed by atoms with E-state index in [0.717, 1.165) is 0 Å². The summed E-state index contributed by atoms with van der Waals surface area (Å²) < 4.78 is 0. The van der Waals surface area contributed by atoms with Crippen LogP contribution in [0.5, 0.6) is 0 Å². The topological polar surface area (TPSA) is 83.0 Å². The number of hydrogen-bond acceptors (Lipinski definition) is 3. The van der Waals surface area contributed by atoms with Crippen LogP contribution in [0, 0.1) is 6.92 Å². The minimum atomic E-state index is -0.962. The van der Waals surface area contributed by atoms with Crippen LogP contribution in [0.1, 0.15) is 24.1 Å². The van der Waals surface area contributed by atoms with Crippen LogP contribution in [-0.2, 0) is 4.79 Å². The van der Waals surface area contributed by atoms with E-state index in [-0.39, 0.29) is 5.56 Å². The number of aliphatic carboxylic acids is 1. The molecule has 0 bridgehead atoms. The van der Waals surface area contributed by atoms with Gasteiger partial charge in [0.05, 0.1) is 11.6 Å². The van der Waals surface area contributed by atoms with Gasteiger partial charge in [0.1, 0.15) is 0 Å². The quantitative estimate of drug-likeness (QED) is 0.687. The lowest BCUT2D eigenvalue weighted by atomic mass is 10.0. The number of nitrogens with one attached hydrogen (secondary N) is 1. The second kappa shape index (κ2) is 3.38. The van der Waals surface area contributed by atoms with Crippen molar-refractivity contribution in [1.29, 1.82) is 0 Å². The van der Waals surface area contributed by atoms with Gasteiger partial charge < -0.3 is 5.11 Å². The molecule has 1 unspecified atom stereocenters. The number of carboxylic acid groups (broad SMARTS) is 1. The summed E-state index contributed by atoms with van der Waals surface area (Å²) in [6, 6.07) is 1.26. The lowest BCUT2D eigenvalue weighted by Crippen LogP contribution is -2.16. The highest BCUT2D eigenvalue weighted by Crippen LogP contribution is 2.15. The first kappa shape index (κ1) is 9.44. The van der Waals surface area contributed by atoms with Gasteiger partial charge in [0.25, 0.3) is 5.56 Å². The van der Waals surface area contributed by atoms with Crippen molar-refractivity contribution >= 4 is 5.97 Å². The van der Waals surface area contributed by atoms with Gasteiger partial charge in [-0.1, -0.05) is 0 Å². The molecule has 1 heterocycles. The number of aromatic nitrogens is 2. The molecule has 70 valence electrons. The van der Waals surface area contributed by atoms with E-state index in [2.05, 4.69) is 10.2 Å². The molecule has 13 heavy (non-hydrogen) atoms. The van der Waals surface area contributed by atoms with Gasteiger partial charge in [-0.15, -0.1) is 0 Å². The summed E-state index contributed by atoms with van der Waals surface area (Å²) in [7, 11) is 0. The first-order valence-corrected chi connectivity index (χ1v) is 3.81. The van der Waals surface area contributed by atoms with Crippen molar-refractivity contribution in [2.45, 2.75) is 19.8 Å². The van der Waals surface area contributed by atoms with Gasteiger partial charge in [-0.3, -0.25) is 9.59 Å². The highest BCUT2D eigenvalue weighted by atomic mass is 16.4. The largest absolute Gasteiger partial charge is 0.481 e. The van der Waals surface area contributed by atoms with Crippen LogP contribution in [0.2, 0.25) is 0 Å². The third-order valence-electron chi connectivity index (χ3n) is 1.88. The maximum Gasteiger partial charge on any atom is 0.310 e. The smallest absolute Gasteiger partial charge is 0.310 e. The van der Waals surface area contributed by atoms with Crippen molar-refractivity contribution in [3.63, 3.8) is 0 Å². The number of carbonyl (C=O) groups is 1. The van der Waals surface area contributed by atoms with Crippen LogP contribution in [0.15, 0.2) is 10.9 Å². The van der Waals surface area contributed by atoms with E-state index in [1.54, 1.807) is 6.92 Å². The van der Waals surface area contributed by atoms with E-state index in [1.165, 1.54) is 13.0 Å². The van der Waals surface area contributed by atoms with Crippen LogP contribution in [0.25, 0.3) is 0 Å². The minimum absolute atomic E-state index is 0.381. The number of nitrogens with zero attached hydrogens (tertiary/aromatic N) is 1. The zero-order valence-corrected chi connectivity index (χ0v) is 7.37. The highest BCUT2D eigenvalue weighted by Gasteiger charge is 2.16. The van der Waals surface area contributed by atoms with Crippen molar-refractivity contribution in [3.05, 3.63) is 27.7 Å². The Morgan fingerprint density at radius 3 is 2.85 bits per heavy atom. The normalized spacial score (nSPS) is 12.5. The van der Waals surface area contributed by atoms with Crippen LogP contribution >= 0.6 is 0 Å². The Hall–Kier alpha value is -1.65. The molecule has 1 atom stereocenters. The monoisotopic (exact) mass is 182 g/mol. The molecule has 0 aliphatic rings. The Morgan fingerprint density at radius 1 is 1.69 bits per heavy atom. The van der Waals surface area contributed by atoms with Gasteiger partial charge in [-0.25, -0.2) is 5.10 Å². The fraction of sp³-hybridized carbons (Fsp3) is 0.375. The number of carboxylic acids is 1. The van der Waals surface area contributed by atoms with Gasteiger partial charge in [0, 0.05) is 6.07 Å². The second-order valence-corrected chi connectivity index (χ2v) is 2.83. The van der Waals surface area contributed by atoms with E-state index in [9.17, 15) is 9.59 Å². The molecule has 0 radical (unpaired) electrons. The van der Waals surface area contributed by atoms with Crippen molar-refractivity contribution < 1.29 is 9.90 Å². The fourth-order valence-electron chi connectivity index (χ4n) is 1.05. The Kier molecular flexibility index (Phi) is 2.46. The van der Waals surface area contributed by atoms with Crippen LogP contribution in [0.3, 0.4) is 0 Å². The summed E-state index contributed by atoms with van der Waals surface area (Å²) in [6.45, 7) is 3.18.